The smallest absolute Gasteiger partial charge is 0.313 e. The fourth-order valence-corrected chi connectivity index (χ4v) is 3.80. The first kappa shape index (κ1) is 24.4. The highest BCUT2D eigenvalue weighted by Crippen LogP contribution is 2.39. The Labute approximate surface area is 193 Å². The predicted molar refractivity (Wildman–Crippen MR) is 122 cm³/mol. The van der Waals surface area contributed by atoms with Gasteiger partial charge < -0.3 is 24.9 Å². The van der Waals surface area contributed by atoms with Gasteiger partial charge in [-0.3, -0.25) is 9.59 Å². The van der Waals surface area contributed by atoms with E-state index >= 15 is 0 Å². The van der Waals surface area contributed by atoms with E-state index in [0.29, 0.717) is 29.8 Å². The Balaban J connectivity index is 2.07. The maximum Gasteiger partial charge on any atom is 0.313 e. The maximum absolute atomic E-state index is 13.4. The molecule has 0 radical (unpaired) electrons. The van der Waals surface area contributed by atoms with Gasteiger partial charge in [0.15, 0.2) is 0 Å². The van der Waals surface area contributed by atoms with Gasteiger partial charge in [-0.2, -0.15) is 0 Å². The lowest BCUT2D eigenvalue weighted by Gasteiger charge is -2.31. The average Bonchev–Trinajstić information content (AvgIpc) is 3.29. The minimum Gasteiger partial charge on any atom is -0.494 e. The van der Waals surface area contributed by atoms with Crippen LogP contribution in [0, 0.1) is 5.41 Å². The van der Waals surface area contributed by atoms with Crippen LogP contribution < -0.4 is 5.73 Å². The predicted octanol–water partition coefficient (Wildman–Crippen LogP) is 4.08. The number of hydrogen-bond donors (Lipinski definition) is 2. The van der Waals surface area contributed by atoms with E-state index in [1.807, 2.05) is 18.7 Å². The van der Waals surface area contributed by atoms with Crippen LogP contribution >= 0.6 is 0 Å². The van der Waals surface area contributed by atoms with Gasteiger partial charge in [0.2, 0.25) is 11.8 Å². The summed E-state index contributed by atoms with van der Waals surface area (Å²) >= 11 is 0. The van der Waals surface area contributed by atoms with E-state index in [1.165, 1.54) is 6.26 Å². The molecule has 3 rings (SSSR count). The number of aliphatic carboxylic acids is 1. The number of hydrogen-bond acceptors (Lipinski definition) is 7. The van der Waals surface area contributed by atoms with Gasteiger partial charge in [0, 0.05) is 30.6 Å². The molecule has 1 aliphatic rings. The molecule has 9 nitrogen and oxygen atoms in total. The summed E-state index contributed by atoms with van der Waals surface area (Å²) in [5.74, 6) is -0.517. The summed E-state index contributed by atoms with van der Waals surface area (Å²) < 4.78 is 11.5. The number of benzene rings is 1. The molecular formula is C24H32N4O5. The van der Waals surface area contributed by atoms with Gasteiger partial charge in [-0.05, 0) is 56.5 Å². The van der Waals surface area contributed by atoms with Crippen LogP contribution in [0.5, 0.6) is 0 Å². The third kappa shape index (κ3) is 5.42. The molecule has 178 valence electrons. The van der Waals surface area contributed by atoms with Crippen LogP contribution in [0.25, 0.3) is 11.5 Å². The van der Waals surface area contributed by atoms with Crippen LogP contribution in [-0.2, 0) is 9.53 Å². The summed E-state index contributed by atoms with van der Waals surface area (Å²) in [4.78, 5) is 27.0. The standard InChI is InChI=1S/C24H32N4O5/c1-5-8-28(9-6-2)22(29)18-12-16(19-14-24(4,23(30)31)7-10-32-19)11-17(13-18)21-27-26-20(33-21)15(3)25/h7,10-13,15,19H,5-6,8-9,14,25H2,1-4H3,(H,30,31). The normalized spacial score (nSPS) is 20.8. The van der Waals surface area contributed by atoms with Crippen molar-refractivity contribution in [2.45, 2.75) is 59.1 Å². The average molecular weight is 457 g/mol. The molecule has 0 fully saturated rings. The molecule has 2 heterocycles. The van der Waals surface area contributed by atoms with Crippen molar-refractivity contribution in [2.24, 2.45) is 11.1 Å². The van der Waals surface area contributed by atoms with Crippen LogP contribution in [0.4, 0.5) is 0 Å². The Morgan fingerprint density at radius 3 is 2.52 bits per heavy atom. The molecule has 1 aliphatic heterocycles. The maximum atomic E-state index is 13.4. The summed E-state index contributed by atoms with van der Waals surface area (Å²) in [5, 5.41) is 17.8. The molecule has 0 aliphatic carbocycles. The van der Waals surface area contributed by atoms with Crippen molar-refractivity contribution in [1.82, 2.24) is 15.1 Å². The lowest BCUT2D eigenvalue weighted by Crippen LogP contribution is -2.33. The first-order chi connectivity index (χ1) is 15.7. The summed E-state index contributed by atoms with van der Waals surface area (Å²) in [6, 6.07) is 4.85. The minimum atomic E-state index is -1.08. The molecule has 3 N–H and O–H groups in total. The summed E-state index contributed by atoms with van der Waals surface area (Å²) in [6.07, 6.45) is 4.31. The van der Waals surface area contributed by atoms with Gasteiger partial charge in [0.25, 0.3) is 5.91 Å². The Morgan fingerprint density at radius 1 is 1.24 bits per heavy atom. The third-order valence-electron chi connectivity index (χ3n) is 5.70. The first-order valence-corrected chi connectivity index (χ1v) is 11.3. The van der Waals surface area contributed by atoms with Gasteiger partial charge in [-0.25, -0.2) is 0 Å². The largest absolute Gasteiger partial charge is 0.494 e. The van der Waals surface area contributed by atoms with Crippen LogP contribution in [0.15, 0.2) is 35.0 Å². The van der Waals surface area contributed by atoms with Gasteiger partial charge in [-0.1, -0.05) is 13.8 Å². The summed E-state index contributed by atoms with van der Waals surface area (Å²) in [7, 11) is 0. The van der Waals surface area contributed by atoms with E-state index in [0.717, 1.165) is 12.8 Å². The molecule has 0 saturated heterocycles. The molecule has 1 amide bonds. The van der Waals surface area contributed by atoms with Crippen molar-refractivity contribution in [3.63, 3.8) is 0 Å². The number of aromatic nitrogens is 2. The monoisotopic (exact) mass is 456 g/mol. The number of carboxylic acid groups (broad SMARTS) is 1. The number of nitrogens with zero attached hydrogens (tertiary/aromatic N) is 3. The SMILES string of the molecule is CCCN(CCC)C(=O)c1cc(-c2nnc(C(C)N)o2)cc(C2CC(C)(C(=O)O)C=CO2)c1. The highest BCUT2D eigenvalue weighted by Gasteiger charge is 2.37. The van der Waals surface area contributed by atoms with E-state index in [-0.39, 0.29) is 24.1 Å². The van der Waals surface area contributed by atoms with Gasteiger partial charge in [-0.15, -0.1) is 10.2 Å². The van der Waals surface area contributed by atoms with Crippen molar-refractivity contribution in [1.29, 1.82) is 0 Å². The third-order valence-corrected chi connectivity index (χ3v) is 5.70. The van der Waals surface area contributed by atoms with E-state index in [4.69, 9.17) is 14.9 Å². The van der Waals surface area contributed by atoms with Gasteiger partial charge >= 0.3 is 5.97 Å². The quantitative estimate of drug-likeness (QED) is 0.577. The molecule has 0 saturated carbocycles. The molecule has 0 bridgehead atoms. The second-order valence-corrected chi connectivity index (χ2v) is 8.72. The van der Waals surface area contributed by atoms with Crippen molar-refractivity contribution >= 4 is 11.9 Å². The Hall–Kier alpha value is -3.20. The fourth-order valence-electron chi connectivity index (χ4n) is 3.80. The van der Waals surface area contributed by atoms with Crippen molar-refractivity contribution in [3.8, 4) is 11.5 Å². The number of ether oxygens (including phenoxy) is 1. The Kier molecular flexibility index (Phi) is 7.53. The molecule has 3 unspecified atom stereocenters. The van der Waals surface area contributed by atoms with Crippen LogP contribution in [-0.4, -0.2) is 45.2 Å². The summed E-state index contributed by atoms with van der Waals surface area (Å²) in [6.45, 7) is 8.73. The lowest BCUT2D eigenvalue weighted by molar-refractivity contribution is -0.147. The fraction of sp³-hybridized carbons (Fsp3) is 0.500. The molecular weight excluding hydrogens is 424 g/mol. The second-order valence-electron chi connectivity index (χ2n) is 8.72. The molecule has 2 aromatic rings. The number of nitrogens with two attached hydrogens (primary N) is 1. The van der Waals surface area contributed by atoms with Crippen molar-refractivity contribution < 1.29 is 23.8 Å². The van der Waals surface area contributed by atoms with E-state index in [9.17, 15) is 14.7 Å². The Bertz CT molecular complexity index is 1030. The van der Waals surface area contributed by atoms with E-state index < -0.39 is 23.5 Å². The number of carbonyl (C=O) groups excluding carboxylic acids is 1. The van der Waals surface area contributed by atoms with Gasteiger partial charge in [0.1, 0.15) is 6.10 Å². The minimum absolute atomic E-state index is 0.110. The molecule has 3 atom stereocenters. The molecule has 1 aromatic heterocycles. The molecule has 0 spiro atoms. The van der Waals surface area contributed by atoms with Crippen molar-refractivity contribution in [3.05, 3.63) is 47.6 Å². The van der Waals surface area contributed by atoms with Crippen LogP contribution in [0.2, 0.25) is 0 Å². The van der Waals surface area contributed by atoms with Gasteiger partial charge in [0.05, 0.1) is 17.7 Å². The Morgan fingerprint density at radius 2 is 1.94 bits per heavy atom. The van der Waals surface area contributed by atoms with Crippen molar-refractivity contribution in [2.75, 3.05) is 13.1 Å². The first-order valence-electron chi connectivity index (χ1n) is 11.3. The number of carbonyl (C=O) groups is 2. The van der Waals surface area contributed by atoms with E-state index in [2.05, 4.69) is 10.2 Å². The zero-order valence-corrected chi connectivity index (χ0v) is 19.6. The highest BCUT2D eigenvalue weighted by molar-refractivity contribution is 5.95. The zero-order chi connectivity index (χ0) is 24.2. The highest BCUT2D eigenvalue weighted by atomic mass is 16.5. The number of carboxylic acids is 1. The molecule has 1 aromatic carbocycles. The summed E-state index contributed by atoms with van der Waals surface area (Å²) in [5.41, 5.74) is 6.46. The second kappa shape index (κ2) is 10.2. The lowest BCUT2D eigenvalue weighted by atomic mass is 9.81. The topological polar surface area (TPSA) is 132 Å². The number of rotatable bonds is 9. The van der Waals surface area contributed by atoms with Crippen LogP contribution in [0.3, 0.4) is 0 Å². The molecule has 9 heteroatoms. The van der Waals surface area contributed by atoms with Crippen LogP contribution in [0.1, 0.15) is 80.9 Å². The zero-order valence-electron chi connectivity index (χ0n) is 19.6. The number of amides is 1. The molecule has 33 heavy (non-hydrogen) atoms. The van der Waals surface area contributed by atoms with E-state index in [1.54, 1.807) is 38.1 Å².